The predicted octanol–water partition coefficient (Wildman–Crippen LogP) is 2.82. The molecule has 100 valence electrons. The fraction of sp³-hybridized carbons (Fsp3) is 0.500. The van der Waals surface area contributed by atoms with Crippen molar-refractivity contribution in [2.75, 3.05) is 25.1 Å². The van der Waals surface area contributed by atoms with Crippen LogP contribution in [0, 0.1) is 21.8 Å². The molecule has 1 N–H and O–H groups in total. The Balaban J connectivity index is 2.52. The van der Waals surface area contributed by atoms with E-state index in [2.05, 4.69) is 5.32 Å². The van der Waals surface area contributed by atoms with E-state index in [1.807, 2.05) is 13.8 Å². The summed E-state index contributed by atoms with van der Waals surface area (Å²) in [6, 6.07) is 3.97. The molecule has 18 heavy (non-hydrogen) atoms. The predicted molar refractivity (Wildman–Crippen MR) is 67.2 cm³/mol. The van der Waals surface area contributed by atoms with Crippen LogP contribution in [0.2, 0.25) is 0 Å². The molecule has 0 radical (unpaired) electrons. The van der Waals surface area contributed by atoms with Crippen LogP contribution in [0.3, 0.4) is 0 Å². The summed E-state index contributed by atoms with van der Waals surface area (Å²) in [4.78, 5) is 9.99. The van der Waals surface area contributed by atoms with Crippen LogP contribution in [0.4, 0.5) is 15.8 Å². The van der Waals surface area contributed by atoms with Crippen LogP contribution in [0.25, 0.3) is 0 Å². The van der Waals surface area contributed by atoms with Crippen LogP contribution in [0.15, 0.2) is 18.2 Å². The number of hydrogen-bond donors (Lipinski definition) is 1. The highest BCUT2D eigenvalue weighted by Crippen LogP contribution is 2.26. The molecule has 0 fully saturated rings. The van der Waals surface area contributed by atoms with Gasteiger partial charge < -0.3 is 10.1 Å². The Morgan fingerprint density at radius 3 is 2.83 bits per heavy atom. The summed E-state index contributed by atoms with van der Waals surface area (Å²) in [6.07, 6.45) is 0. The SMILES string of the molecule is CC(C)COCCNc1cccc(F)c1[N+](=O)[O-]. The monoisotopic (exact) mass is 256 g/mol. The highest BCUT2D eigenvalue weighted by atomic mass is 19.1. The minimum atomic E-state index is -0.840. The Bertz CT molecular complexity index is 410. The van der Waals surface area contributed by atoms with E-state index in [1.54, 1.807) is 0 Å². The van der Waals surface area contributed by atoms with Crippen molar-refractivity contribution >= 4 is 11.4 Å². The second-order valence-corrected chi connectivity index (χ2v) is 4.29. The van der Waals surface area contributed by atoms with E-state index in [-0.39, 0.29) is 5.69 Å². The van der Waals surface area contributed by atoms with Crippen molar-refractivity contribution in [1.29, 1.82) is 0 Å². The Labute approximate surface area is 105 Å². The molecule has 1 rings (SSSR count). The van der Waals surface area contributed by atoms with Crippen molar-refractivity contribution in [3.8, 4) is 0 Å². The van der Waals surface area contributed by atoms with Gasteiger partial charge in [-0.1, -0.05) is 19.9 Å². The van der Waals surface area contributed by atoms with Crippen LogP contribution in [0.5, 0.6) is 0 Å². The summed E-state index contributed by atoms with van der Waals surface area (Å²) in [5.41, 5.74) is -0.352. The van der Waals surface area contributed by atoms with Gasteiger partial charge in [-0.05, 0) is 18.1 Å². The van der Waals surface area contributed by atoms with Gasteiger partial charge in [-0.3, -0.25) is 10.1 Å². The third kappa shape index (κ3) is 4.29. The van der Waals surface area contributed by atoms with E-state index in [0.717, 1.165) is 6.07 Å². The number of anilines is 1. The molecule has 1 aromatic rings. The lowest BCUT2D eigenvalue weighted by Crippen LogP contribution is -2.13. The first-order chi connectivity index (χ1) is 8.52. The Morgan fingerprint density at radius 2 is 2.22 bits per heavy atom. The van der Waals surface area contributed by atoms with Gasteiger partial charge in [0.1, 0.15) is 5.69 Å². The molecule has 0 saturated carbocycles. The molecule has 0 aliphatic carbocycles. The first-order valence-electron chi connectivity index (χ1n) is 5.77. The van der Waals surface area contributed by atoms with Gasteiger partial charge in [-0.15, -0.1) is 0 Å². The molecule has 0 unspecified atom stereocenters. The number of ether oxygens (including phenoxy) is 1. The van der Waals surface area contributed by atoms with Crippen LogP contribution in [-0.4, -0.2) is 24.7 Å². The van der Waals surface area contributed by atoms with E-state index < -0.39 is 16.4 Å². The zero-order valence-electron chi connectivity index (χ0n) is 10.5. The average molecular weight is 256 g/mol. The zero-order valence-corrected chi connectivity index (χ0v) is 10.5. The molecule has 0 amide bonds. The number of nitrogens with one attached hydrogen (secondary N) is 1. The van der Waals surface area contributed by atoms with Gasteiger partial charge >= 0.3 is 5.69 Å². The second-order valence-electron chi connectivity index (χ2n) is 4.29. The molecule has 1 aromatic carbocycles. The minimum Gasteiger partial charge on any atom is -0.379 e. The summed E-state index contributed by atoms with van der Waals surface area (Å²) in [6.45, 7) is 5.52. The van der Waals surface area contributed by atoms with Gasteiger partial charge in [0, 0.05) is 13.2 Å². The lowest BCUT2D eigenvalue weighted by molar-refractivity contribution is -0.386. The molecular formula is C12H17FN2O3. The van der Waals surface area contributed by atoms with Gasteiger partial charge in [-0.25, -0.2) is 0 Å². The van der Waals surface area contributed by atoms with Crippen molar-refractivity contribution in [3.63, 3.8) is 0 Å². The summed E-state index contributed by atoms with van der Waals surface area (Å²) in [5, 5.41) is 13.5. The molecule has 0 saturated heterocycles. The first kappa shape index (κ1) is 14.4. The lowest BCUT2D eigenvalue weighted by Gasteiger charge is -2.09. The van der Waals surface area contributed by atoms with Gasteiger partial charge in [0.2, 0.25) is 5.82 Å². The lowest BCUT2D eigenvalue weighted by atomic mass is 10.2. The summed E-state index contributed by atoms with van der Waals surface area (Å²) >= 11 is 0. The van der Waals surface area contributed by atoms with Gasteiger partial charge in [0.25, 0.3) is 0 Å². The standard InChI is InChI=1S/C12H17FN2O3/c1-9(2)8-18-7-6-14-11-5-3-4-10(13)12(11)15(16)17/h3-5,9,14H,6-8H2,1-2H3. The second kappa shape index (κ2) is 6.90. The molecule has 0 bridgehead atoms. The molecule has 0 atom stereocenters. The molecule has 0 aliphatic heterocycles. The Morgan fingerprint density at radius 1 is 1.50 bits per heavy atom. The third-order valence-electron chi connectivity index (χ3n) is 2.18. The topological polar surface area (TPSA) is 64.4 Å². The van der Waals surface area contributed by atoms with Crippen molar-refractivity contribution in [3.05, 3.63) is 34.1 Å². The molecule has 6 heteroatoms. The maximum absolute atomic E-state index is 13.3. The van der Waals surface area contributed by atoms with Crippen LogP contribution in [0.1, 0.15) is 13.8 Å². The summed E-state index contributed by atoms with van der Waals surface area (Å²) < 4.78 is 18.6. The maximum atomic E-state index is 13.3. The van der Waals surface area contributed by atoms with Crippen molar-refractivity contribution < 1.29 is 14.1 Å². The highest BCUT2D eigenvalue weighted by molar-refractivity contribution is 5.61. The number of para-hydroxylation sites is 1. The fourth-order valence-corrected chi connectivity index (χ4v) is 1.42. The van der Waals surface area contributed by atoms with Crippen molar-refractivity contribution in [2.45, 2.75) is 13.8 Å². The van der Waals surface area contributed by atoms with Crippen molar-refractivity contribution in [1.82, 2.24) is 0 Å². The average Bonchev–Trinajstić information content (AvgIpc) is 2.27. The van der Waals surface area contributed by atoms with E-state index in [9.17, 15) is 14.5 Å². The number of benzene rings is 1. The van der Waals surface area contributed by atoms with Crippen LogP contribution >= 0.6 is 0 Å². The zero-order chi connectivity index (χ0) is 13.5. The quantitative estimate of drug-likeness (QED) is 0.463. The van der Waals surface area contributed by atoms with Gasteiger partial charge in [0.15, 0.2) is 0 Å². The minimum absolute atomic E-state index is 0.174. The van der Waals surface area contributed by atoms with Gasteiger partial charge in [0.05, 0.1) is 11.5 Å². The van der Waals surface area contributed by atoms with E-state index in [1.165, 1.54) is 12.1 Å². The normalized spacial score (nSPS) is 10.7. The summed E-state index contributed by atoms with van der Waals surface area (Å²) in [7, 11) is 0. The molecule has 0 aliphatic rings. The number of rotatable bonds is 7. The largest absolute Gasteiger partial charge is 0.379 e. The number of nitro groups is 1. The third-order valence-corrected chi connectivity index (χ3v) is 2.18. The van der Waals surface area contributed by atoms with E-state index in [4.69, 9.17) is 4.74 Å². The van der Waals surface area contributed by atoms with E-state index in [0.29, 0.717) is 25.7 Å². The molecule has 0 spiro atoms. The van der Waals surface area contributed by atoms with Crippen LogP contribution in [-0.2, 0) is 4.74 Å². The number of halogens is 1. The van der Waals surface area contributed by atoms with Crippen molar-refractivity contribution in [2.24, 2.45) is 5.92 Å². The Kier molecular flexibility index (Phi) is 5.51. The molecule has 5 nitrogen and oxygen atoms in total. The summed E-state index contributed by atoms with van der Waals surface area (Å²) in [5.74, 6) is -0.401. The number of nitrogens with zero attached hydrogens (tertiary/aromatic N) is 1. The fourth-order valence-electron chi connectivity index (χ4n) is 1.42. The van der Waals surface area contributed by atoms with Gasteiger partial charge in [-0.2, -0.15) is 4.39 Å². The number of hydrogen-bond acceptors (Lipinski definition) is 4. The Hall–Kier alpha value is -1.69. The first-order valence-corrected chi connectivity index (χ1v) is 5.77. The van der Waals surface area contributed by atoms with E-state index >= 15 is 0 Å². The smallest absolute Gasteiger partial charge is 0.327 e. The molecular weight excluding hydrogens is 239 g/mol. The molecule has 0 aromatic heterocycles. The van der Waals surface area contributed by atoms with Crippen LogP contribution < -0.4 is 5.32 Å². The maximum Gasteiger partial charge on any atom is 0.327 e. The number of nitro benzene ring substituents is 1. The highest BCUT2D eigenvalue weighted by Gasteiger charge is 2.19. The molecule has 0 heterocycles.